The number of nitrogens with zero attached hydrogens (tertiary/aromatic N) is 4. The van der Waals surface area contributed by atoms with Gasteiger partial charge in [-0.25, -0.2) is 30.7 Å². The summed E-state index contributed by atoms with van der Waals surface area (Å²) in [6.45, 7) is 0.682. The number of rotatable bonds is 10. The van der Waals surface area contributed by atoms with Gasteiger partial charge in [0.15, 0.2) is 21.4 Å². The van der Waals surface area contributed by atoms with E-state index in [4.69, 9.17) is 4.74 Å². The van der Waals surface area contributed by atoms with Crippen molar-refractivity contribution in [1.29, 1.82) is 0 Å². The molecule has 0 radical (unpaired) electrons. The summed E-state index contributed by atoms with van der Waals surface area (Å²) in [6.07, 6.45) is 1.15. The quantitative estimate of drug-likeness (QED) is 0.393. The van der Waals surface area contributed by atoms with Crippen molar-refractivity contribution in [1.82, 2.24) is 20.2 Å². The molecule has 3 aliphatic rings. The van der Waals surface area contributed by atoms with E-state index >= 15 is 8.78 Å². The van der Waals surface area contributed by atoms with Crippen LogP contribution in [0.25, 0.3) is 0 Å². The Labute approximate surface area is 210 Å². The van der Waals surface area contributed by atoms with Gasteiger partial charge in [0.1, 0.15) is 23.7 Å². The first-order valence-electron chi connectivity index (χ1n) is 11.6. The monoisotopic (exact) mass is 540 g/mol. The van der Waals surface area contributed by atoms with E-state index in [-0.39, 0.29) is 25.0 Å². The molecule has 3 saturated carbocycles. The zero-order chi connectivity index (χ0) is 26.7. The molecule has 1 aromatic heterocycles. The predicted octanol–water partition coefficient (Wildman–Crippen LogP) is 3.37. The number of aliphatic hydroxyl groups is 1. The number of tetrazole rings is 1. The lowest BCUT2D eigenvalue weighted by Crippen LogP contribution is -2.76. The minimum atomic E-state index is -3.82. The smallest absolute Gasteiger partial charge is 0.287 e. The first-order valence-corrected chi connectivity index (χ1v) is 13.4. The first kappa shape index (κ1) is 25.6. The van der Waals surface area contributed by atoms with Crippen LogP contribution in [0.1, 0.15) is 37.3 Å². The number of ether oxygens (including phenoxy) is 1. The maximum Gasteiger partial charge on any atom is 0.287 e. The van der Waals surface area contributed by atoms with E-state index in [1.54, 1.807) is 24.3 Å². The maximum atomic E-state index is 16.2. The SMILES string of the molecule is CCS(=O)(=O)COc1ccc(C23CC(C(F)(F)[C@](O)(Cn4cnnn4)c4ccc(F)cc4F)(C2)C3)cc1. The van der Waals surface area contributed by atoms with Gasteiger partial charge in [0, 0.05) is 17.0 Å². The number of hydrogen-bond acceptors (Lipinski definition) is 7. The summed E-state index contributed by atoms with van der Waals surface area (Å²) < 4.78 is 90.2. The highest BCUT2D eigenvalue weighted by atomic mass is 32.2. The van der Waals surface area contributed by atoms with Gasteiger partial charge in [0.25, 0.3) is 5.92 Å². The number of alkyl halides is 2. The van der Waals surface area contributed by atoms with Crippen LogP contribution >= 0.6 is 0 Å². The predicted molar refractivity (Wildman–Crippen MR) is 122 cm³/mol. The molecule has 0 aliphatic heterocycles. The van der Waals surface area contributed by atoms with Crippen molar-refractivity contribution in [3.8, 4) is 5.75 Å². The third kappa shape index (κ3) is 3.99. The molecule has 6 rings (SSSR count). The third-order valence-corrected chi connectivity index (χ3v) is 9.04. The van der Waals surface area contributed by atoms with Crippen molar-refractivity contribution in [3.05, 3.63) is 71.6 Å². The molecule has 0 spiro atoms. The molecule has 8 nitrogen and oxygen atoms in total. The normalized spacial score (nSPS) is 24.6. The van der Waals surface area contributed by atoms with E-state index in [0.717, 1.165) is 28.7 Å². The number of sulfone groups is 1. The minimum absolute atomic E-state index is 0.0398. The van der Waals surface area contributed by atoms with Gasteiger partial charge in [0.2, 0.25) is 0 Å². The molecule has 2 bridgehead atoms. The summed E-state index contributed by atoms with van der Waals surface area (Å²) in [4.78, 5) is 0. The second-order valence-corrected chi connectivity index (χ2v) is 12.3. The van der Waals surface area contributed by atoms with Gasteiger partial charge in [-0.2, -0.15) is 0 Å². The van der Waals surface area contributed by atoms with Crippen molar-refractivity contribution in [3.63, 3.8) is 0 Å². The Kier molecular flexibility index (Phi) is 5.87. The minimum Gasteiger partial charge on any atom is -0.478 e. The lowest BCUT2D eigenvalue weighted by atomic mass is 9.30. The van der Waals surface area contributed by atoms with Crippen LogP contribution in [-0.4, -0.2) is 51.3 Å². The van der Waals surface area contributed by atoms with Crippen LogP contribution in [-0.2, 0) is 27.4 Å². The summed E-state index contributed by atoms with van der Waals surface area (Å²) in [6, 6.07) is 8.69. The number of aromatic nitrogens is 4. The molecule has 2 aromatic carbocycles. The lowest BCUT2D eigenvalue weighted by Gasteiger charge is -2.74. The summed E-state index contributed by atoms with van der Waals surface area (Å²) in [5.41, 5.74) is -5.16. The van der Waals surface area contributed by atoms with Gasteiger partial charge < -0.3 is 9.84 Å². The summed E-state index contributed by atoms with van der Waals surface area (Å²) in [5.74, 6) is -6.23. The summed E-state index contributed by atoms with van der Waals surface area (Å²) in [5, 5.41) is 21.8. The van der Waals surface area contributed by atoms with E-state index in [1.807, 2.05) is 0 Å². The van der Waals surface area contributed by atoms with Crippen LogP contribution in [0, 0.1) is 17.0 Å². The van der Waals surface area contributed by atoms with E-state index < -0.39 is 61.9 Å². The van der Waals surface area contributed by atoms with Crippen LogP contribution in [0.3, 0.4) is 0 Å². The molecule has 0 amide bonds. The Balaban J connectivity index is 1.38. The maximum absolute atomic E-state index is 16.2. The Hall–Kier alpha value is -3.06. The van der Waals surface area contributed by atoms with Crippen LogP contribution in [0.2, 0.25) is 0 Å². The molecule has 3 aliphatic carbocycles. The second kappa shape index (κ2) is 8.48. The fourth-order valence-corrected chi connectivity index (χ4v) is 6.16. The highest BCUT2D eigenvalue weighted by molar-refractivity contribution is 7.91. The largest absolute Gasteiger partial charge is 0.478 e. The van der Waals surface area contributed by atoms with Crippen LogP contribution in [0.4, 0.5) is 17.6 Å². The van der Waals surface area contributed by atoms with Gasteiger partial charge >= 0.3 is 0 Å². The number of halogens is 4. The Morgan fingerprint density at radius 3 is 2.35 bits per heavy atom. The zero-order valence-electron chi connectivity index (χ0n) is 19.7. The average molecular weight is 541 g/mol. The first-order chi connectivity index (χ1) is 17.4. The molecule has 0 saturated heterocycles. The van der Waals surface area contributed by atoms with Crippen LogP contribution in [0.15, 0.2) is 48.8 Å². The Bertz CT molecular complexity index is 1400. The van der Waals surface area contributed by atoms with Gasteiger partial charge in [-0.3, -0.25) is 0 Å². The molecule has 0 unspecified atom stereocenters. The standard InChI is InChI=1S/C24H24F4N4O4S/c1-2-37(34,35)15-36-18-6-3-16(4-7-18)21-10-22(11-21,12-21)24(27,28)23(33,13-32-14-29-30-31-32)19-8-5-17(25)9-20(19)26/h3-9,14,33H,2,10-13,15H2,1H3/t21?,22?,23-/m0/s1. The van der Waals surface area contributed by atoms with Crippen molar-refractivity contribution in [2.75, 3.05) is 11.7 Å². The van der Waals surface area contributed by atoms with Crippen molar-refractivity contribution in [2.45, 2.75) is 49.7 Å². The van der Waals surface area contributed by atoms with E-state index in [2.05, 4.69) is 15.5 Å². The van der Waals surface area contributed by atoms with E-state index in [0.29, 0.717) is 11.8 Å². The fraction of sp³-hybridized carbons (Fsp3) is 0.458. The van der Waals surface area contributed by atoms with Crippen molar-refractivity contribution < 1.29 is 35.8 Å². The van der Waals surface area contributed by atoms with Gasteiger partial charge in [0.05, 0.1) is 12.3 Å². The Morgan fingerprint density at radius 1 is 1.11 bits per heavy atom. The average Bonchev–Trinajstić information content (AvgIpc) is 3.29. The molecule has 198 valence electrons. The van der Waals surface area contributed by atoms with Gasteiger partial charge in [-0.05, 0) is 64.9 Å². The van der Waals surface area contributed by atoms with E-state index in [1.165, 1.54) is 6.92 Å². The molecule has 3 fully saturated rings. The molecule has 37 heavy (non-hydrogen) atoms. The van der Waals surface area contributed by atoms with Crippen molar-refractivity contribution in [2.24, 2.45) is 5.41 Å². The van der Waals surface area contributed by atoms with Gasteiger partial charge in [-0.1, -0.05) is 19.1 Å². The molecule has 1 atom stereocenters. The highest BCUT2D eigenvalue weighted by Crippen LogP contribution is 2.80. The van der Waals surface area contributed by atoms with Crippen LogP contribution in [0.5, 0.6) is 5.75 Å². The Morgan fingerprint density at radius 2 is 1.78 bits per heavy atom. The topological polar surface area (TPSA) is 107 Å². The van der Waals surface area contributed by atoms with Crippen molar-refractivity contribution >= 4 is 9.84 Å². The second-order valence-electron chi connectivity index (χ2n) is 9.98. The molecule has 1 N–H and O–H groups in total. The van der Waals surface area contributed by atoms with E-state index in [9.17, 15) is 22.3 Å². The fourth-order valence-electron chi connectivity index (χ4n) is 5.68. The summed E-state index contributed by atoms with van der Waals surface area (Å²) >= 11 is 0. The number of benzene rings is 2. The molecule has 3 aromatic rings. The number of hydrogen-bond donors (Lipinski definition) is 1. The van der Waals surface area contributed by atoms with Crippen LogP contribution < -0.4 is 4.74 Å². The third-order valence-electron chi connectivity index (χ3n) is 7.69. The zero-order valence-corrected chi connectivity index (χ0v) is 20.6. The summed E-state index contributed by atoms with van der Waals surface area (Å²) in [7, 11) is -3.32. The molecular weight excluding hydrogens is 516 g/mol. The highest BCUT2D eigenvalue weighted by Gasteiger charge is 2.82. The molecule has 1 heterocycles. The molecular formula is C24H24F4N4O4S. The van der Waals surface area contributed by atoms with Gasteiger partial charge in [-0.15, -0.1) is 5.10 Å². The lowest BCUT2D eigenvalue weighted by molar-refractivity contribution is -0.347. The molecule has 13 heteroatoms.